The molecule has 5 nitrogen and oxygen atoms in total. The molecular formula is C50H105O5P. The minimum absolute atomic E-state index is 0.375. The number of hydrogen-bond acceptors (Lipinski definition) is 2. The largest absolute Gasteiger partial charge is 0.466 e. The highest BCUT2D eigenvalue weighted by Crippen LogP contribution is 2.26. The van der Waals surface area contributed by atoms with Gasteiger partial charge in [-0.3, -0.25) is 0 Å². The Morgan fingerprint density at radius 1 is 0.232 bits per heavy atom. The van der Waals surface area contributed by atoms with E-state index in [9.17, 15) is 0 Å². The molecule has 0 rings (SSSR count). The molecule has 0 amide bonds. The summed E-state index contributed by atoms with van der Waals surface area (Å²) in [6.07, 6.45) is 70.0. The van der Waals surface area contributed by atoms with E-state index in [-0.39, 0.29) is 0 Å². The summed E-state index contributed by atoms with van der Waals surface area (Å²) in [6, 6.07) is 0. The first-order chi connectivity index (χ1) is 27.4. The molecule has 0 aliphatic heterocycles. The highest BCUT2D eigenvalue weighted by molar-refractivity contribution is 7.45. The van der Waals surface area contributed by atoms with Crippen molar-refractivity contribution in [2.45, 2.75) is 315 Å². The quantitative estimate of drug-likeness (QED) is 0.0362. The highest BCUT2D eigenvalue weighted by atomic mass is 31.2. The van der Waals surface area contributed by atoms with Crippen LogP contribution in [0.4, 0.5) is 0 Å². The monoisotopic (exact) mass is 817 g/mol. The number of aliphatic hydroxyl groups excluding tert-OH is 1. The number of unbranched alkanes of at least 4 members (excludes halogenated alkanes) is 47. The third-order valence-electron chi connectivity index (χ3n) is 12.0. The van der Waals surface area contributed by atoms with E-state index in [4.69, 9.17) is 24.4 Å². The van der Waals surface area contributed by atoms with Crippen LogP contribution in [-0.2, 0) is 4.57 Å². The fraction of sp³-hybridized carbons (Fsp3) is 1.00. The Labute approximate surface area is 352 Å². The average molecular weight is 817 g/mol. The molecule has 0 aromatic carbocycles. The maximum Gasteiger partial charge on any atom is 0.466 e. The lowest BCUT2D eigenvalue weighted by Gasteiger charge is -2.05. The lowest BCUT2D eigenvalue weighted by molar-refractivity contribution is 0.275. The molecule has 0 aromatic heterocycles. The summed E-state index contributed by atoms with van der Waals surface area (Å²) in [6.45, 7) is 2.69. The fourth-order valence-corrected chi connectivity index (χ4v) is 8.32. The Morgan fingerprint density at radius 2 is 0.321 bits per heavy atom. The van der Waals surface area contributed by atoms with E-state index in [1.807, 2.05) is 0 Å². The van der Waals surface area contributed by atoms with E-state index in [0.29, 0.717) is 6.61 Å². The summed E-state index contributed by atoms with van der Waals surface area (Å²) in [5.41, 5.74) is 0. The molecule has 56 heavy (non-hydrogen) atoms. The normalized spacial score (nSPS) is 11.7. The van der Waals surface area contributed by atoms with E-state index in [0.717, 1.165) is 6.42 Å². The minimum atomic E-state index is -4.64. The Kier molecular flexibility index (Phi) is 55.1. The lowest BCUT2D eigenvalue weighted by atomic mass is 10.0. The molecule has 0 aliphatic carbocycles. The Bertz CT molecular complexity index is 657. The summed E-state index contributed by atoms with van der Waals surface area (Å²) in [5.74, 6) is 0. The Morgan fingerprint density at radius 3 is 0.411 bits per heavy atom. The zero-order chi connectivity index (χ0) is 41.1. The van der Waals surface area contributed by atoms with Crippen LogP contribution in [0.1, 0.15) is 315 Å². The van der Waals surface area contributed by atoms with Crippen molar-refractivity contribution in [3.8, 4) is 0 Å². The van der Waals surface area contributed by atoms with Crippen molar-refractivity contribution in [1.82, 2.24) is 0 Å². The van der Waals surface area contributed by atoms with Crippen molar-refractivity contribution in [3.05, 3.63) is 0 Å². The minimum Gasteiger partial charge on any atom is -0.396 e. The van der Waals surface area contributed by atoms with Crippen molar-refractivity contribution in [1.29, 1.82) is 0 Å². The van der Waals surface area contributed by atoms with Gasteiger partial charge in [0.2, 0.25) is 0 Å². The maximum atomic E-state index is 8.88. The smallest absolute Gasteiger partial charge is 0.396 e. The zero-order valence-electron chi connectivity index (χ0n) is 38.3. The Hall–Kier alpha value is 0.0700. The topological polar surface area (TPSA) is 98.0 Å². The number of phosphoric acid groups is 1. The molecule has 0 radical (unpaired) electrons. The Balaban J connectivity index is 0. The second-order valence-electron chi connectivity index (χ2n) is 17.9. The molecule has 4 N–H and O–H groups in total. The van der Waals surface area contributed by atoms with Gasteiger partial charge in [-0.05, 0) is 6.42 Å². The van der Waals surface area contributed by atoms with E-state index >= 15 is 0 Å². The molecule has 6 heteroatoms. The van der Waals surface area contributed by atoms with Gasteiger partial charge < -0.3 is 19.8 Å². The third-order valence-corrected chi connectivity index (χ3v) is 12.0. The molecule has 0 heterocycles. The molecule has 0 unspecified atom stereocenters. The SMILES string of the molecule is CCCCCCCCCCCCCCCCCCCCCCCCCCCCCCCCCCCCCCCCCCCCCCCCCCO.O=P(O)(O)O. The van der Waals surface area contributed by atoms with Crippen molar-refractivity contribution in [3.63, 3.8) is 0 Å². The van der Waals surface area contributed by atoms with Crippen LogP contribution in [0.15, 0.2) is 0 Å². The standard InChI is InChI=1S/C50H102O.H3O4P/c1-2-3-4-5-6-7-8-9-10-11-12-13-14-15-16-17-18-19-20-21-22-23-24-25-26-27-28-29-30-31-32-33-34-35-36-37-38-39-40-41-42-43-44-45-46-47-48-49-50-51;1-5(2,3)4/h51H,2-50H2,1H3;(H3,1,2,3,4). The van der Waals surface area contributed by atoms with Crippen LogP contribution in [0.2, 0.25) is 0 Å². The molecule has 0 fully saturated rings. The van der Waals surface area contributed by atoms with E-state index in [1.165, 1.54) is 302 Å². The third kappa shape index (κ3) is 65.9. The van der Waals surface area contributed by atoms with Gasteiger partial charge in [-0.25, -0.2) is 4.57 Å². The van der Waals surface area contributed by atoms with Crippen LogP contribution in [0.25, 0.3) is 0 Å². The molecule has 0 aliphatic rings. The van der Waals surface area contributed by atoms with Gasteiger partial charge in [0.25, 0.3) is 0 Å². The van der Waals surface area contributed by atoms with Crippen LogP contribution in [0, 0.1) is 0 Å². The first-order valence-corrected chi connectivity index (χ1v) is 27.4. The van der Waals surface area contributed by atoms with Crippen LogP contribution in [-0.4, -0.2) is 26.4 Å². The van der Waals surface area contributed by atoms with Gasteiger partial charge in [0.05, 0.1) is 0 Å². The van der Waals surface area contributed by atoms with Crippen LogP contribution in [0.5, 0.6) is 0 Å². The summed E-state index contributed by atoms with van der Waals surface area (Å²) < 4.78 is 8.88. The van der Waals surface area contributed by atoms with E-state index < -0.39 is 7.82 Å². The van der Waals surface area contributed by atoms with Gasteiger partial charge in [-0.15, -0.1) is 0 Å². The van der Waals surface area contributed by atoms with Gasteiger partial charge in [0.1, 0.15) is 0 Å². The maximum absolute atomic E-state index is 8.88. The molecule has 0 spiro atoms. The number of hydrogen-bond donors (Lipinski definition) is 4. The van der Waals surface area contributed by atoms with Crippen molar-refractivity contribution in [2.24, 2.45) is 0 Å². The second-order valence-corrected chi connectivity index (χ2v) is 18.9. The molecular weight excluding hydrogens is 712 g/mol. The molecule has 0 saturated carbocycles. The summed E-state index contributed by atoms with van der Waals surface area (Å²) in [4.78, 5) is 21.6. The van der Waals surface area contributed by atoms with Gasteiger partial charge >= 0.3 is 7.82 Å². The number of rotatable bonds is 48. The molecule has 340 valence electrons. The molecule has 0 saturated heterocycles. The van der Waals surface area contributed by atoms with E-state index in [1.54, 1.807) is 0 Å². The van der Waals surface area contributed by atoms with Crippen molar-refractivity contribution < 1.29 is 24.4 Å². The second kappa shape index (κ2) is 53.1. The predicted octanol–water partition coefficient (Wildman–Crippen LogP) is 17.8. The summed E-state index contributed by atoms with van der Waals surface area (Å²) in [5, 5.41) is 8.81. The van der Waals surface area contributed by atoms with Crippen molar-refractivity contribution >= 4 is 7.82 Å². The average Bonchev–Trinajstić information content (AvgIpc) is 3.17. The fourth-order valence-electron chi connectivity index (χ4n) is 8.32. The lowest BCUT2D eigenvalue weighted by Crippen LogP contribution is -1.85. The summed E-state index contributed by atoms with van der Waals surface area (Å²) in [7, 11) is -4.64. The van der Waals surface area contributed by atoms with Gasteiger partial charge in [-0.1, -0.05) is 309 Å². The first-order valence-electron chi connectivity index (χ1n) is 25.8. The number of aliphatic hydroxyl groups is 1. The van der Waals surface area contributed by atoms with Crippen LogP contribution >= 0.6 is 7.82 Å². The van der Waals surface area contributed by atoms with Crippen molar-refractivity contribution in [2.75, 3.05) is 6.61 Å². The van der Waals surface area contributed by atoms with Gasteiger partial charge in [-0.2, -0.15) is 0 Å². The van der Waals surface area contributed by atoms with Crippen LogP contribution < -0.4 is 0 Å². The zero-order valence-corrected chi connectivity index (χ0v) is 39.2. The molecule has 0 bridgehead atoms. The highest BCUT2D eigenvalue weighted by Gasteiger charge is 2.01. The molecule has 0 atom stereocenters. The van der Waals surface area contributed by atoms with E-state index in [2.05, 4.69) is 6.92 Å². The summed E-state index contributed by atoms with van der Waals surface area (Å²) >= 11 is 0. The van der Waals surface area contributed by atoms with Gasteiger partial charge in [0, 0.05) is 6.61 Å². The predicted molar refractivity (Wildman–Crippen MR) is 249 cm³/mol. The van der Waals surface area contributed by atoms with Crippen LogP contribution in [0.3, 0.4) is 0 Å². The molecule has 0 aromatic rings. The van der Waals surface area contributed by atoms with Gasteiger partial charge in [0.15, 0.2) is 0 Å². The first kappa shape index (κ1) is 58.2.